The molecule has 0 spiro atoms. The zero-order valence-corrected chi connectivity index (χ0v) is 105. The molecule has 10 rings (SSSR count). The number of fused-ring (bicyclic) bond motifs is 3. The van der Waals surface area contributed by atoms with Crippen molar-refractivity contribution >= 4 is 32.4 Å². The molecule has 10 aromatic rings. The molecule has 8 aromatic carbocycles. The van der Waals surface area contributed by atoms with Gasteiger partial charge in [-0.2, -0.15) is 104 Å². The maximum atomic E-state index is 4.86. The summed E-state index contributed by atoms with van der Waals surface area (Å²) in [5.74, 6) is 9.62. The molecule has 0 aliphatic heterocycles. The van der Waals surface area contributed by atoms with Gasteiger partial charge in [-0.1, -0.05) is 438 Å². The van der Waals surface area contributed by atoms with Crippen LogP contribution in [0.3, 0.4) is 0 Å². The van der Waals surface area contributed by atoms with Gasteiger partial charge in [-0.3, -0.25) is 9.97 Å². The number of nitrogens with zero attached hydrogens (tertiary/aromatic N) is 2. The third-order valence-electron chi connectivity index (χ3n) is 22.2. The molecular weight excluding hydrogens is 2660 g/mol. The number of hydrogen-bond acceptors (Lipinski definition) is 2. The minimum atomic E-state index is 0. The summed E-state index contributed by atoms with van der Waals surface area (Å²) in [5.41, 5.74) is 37.7. The van der Waals surface area contributed by atoms with Crippen LogP contribution in [0, 0.1) is 118 Å². The summed E-state index contributed by atoms with van der Waals surface area (Å²) in [4.78, 5) is 9.33. The van der Waals surface area contributed by atoms with Gasteiger partial charge < -0.3 is 0 Å². The number of hydrogen-bond donors (Lipinski definition) is 0. The quantitative estimate of drug-likeness (QED) is 0.149. The van der Waals surface area contributed by atoms with E-state index in [0.717, 1.165) is 11.2 Å². The normalized spacial score (nSPS) is 11.1. The second-order valence-corrected chi connectivity index (χ2v) is 41.6. The summed E-state index contributed by atoms with van der Waals surface area (Å²) in [6.45, 7) is 103. The van der Waals surface area contributed by atoms with Crippen LogP contribution in [-0.2, 0) is 185 Å². The molecule has 121 heavy (non-hydrogen) atoms. The molecule has 0 atom stereocenters. The number of aromatic nitrogens is 2. The van der Waals surface area contributed by atoms with Crippen molar-refractivity contribution < 1.29 is 147 Å². The van der Waals surface area contributed by atoms with Crippen LogP contribution in [0.15, 0.2) is 128 Å². The van der Waals surface area contributed by atoms with Crippen LogP contribution in [0.2, 0.25) is 0 Å². The summed E-state index contributed by atoms with van der Waals surface area (Å²) in [6.07, 6.45) is 1.90. The van der Waals surface area contributed by atoms with E-state index < -0.39 is 0 Å². The average Bonchev–Trinajstić information content (AvgIpc) is 0.808. The molecule has 0 radical (unpaired) electrons. The molecule has 0 saturated heterocycles. The molecule has 2 aromatic heterocycles. The minimum Gasteiger partial charge on any atom is -0.295 e. The van der Waals surface area contributed by atoms with Crippen LogP contribution in [0.5, 0.6) is 0 Å². The first-order chi connectivity index (χ1) is 52.0. The second-order valence-electron chi connectivity index (χ2n) is 41.6. The fourth-order valence-electron chi connectivity index (χ4n) is 17.7. The molecule has 666 valence electrons. The van der Waals surface area contributed by atoms with Crippen molar-refractivity contribution in [2.75, 3.05) is 0 Å². The van der Waals surface area contributed by atoms with Crippen molar-refractivity contribution in [2.45, 2.75) is 356 Å². The fourth-order valence-corrected chi connectivity index (χ4v) is 17.7. The topological polar surface area (TPSA) is 25.8 Å². The van der Waals surface area contributed by atoms with E-state index >= 15 is 0 Å². The van der Waals surface area contributed by atoms with Gasteiger partial charge in [0.25, 0.3) is 0 Å². The van der Waals surface area contributed by atoms with E-state index in [0.29, 0.717) is 0 Å². The minimum absolute atomic E-state index is 0. The summed E-state index contributed by atoms with van der Waals surface area (Å²) in [5, 5.41) is 6.79. The Bertz CT molecular complexity index is 4700. The summed E-state index contributed by atoms with van der Waals surface area (Å²) in [6, 6.07) is 43.7. The molecule has 0 amide bonds. The van der Waals surface area contributed by atoms with E-state index in [1.807, 2.05) is 6.20 Å². The smallest absolute Gasteiger partial charge is 0.0659 e. The molecule has 0 bridgehead atoms. The molecule has 0 saturated carbocycles. The van der Waals surface area contributed by atoms with Crippen LogP contribution in [0.1, 0.15) is 382 Å². The molecular formula is C112H159N2W7-7. The van der Waals surface area contributed by atoms with Gasteiger partial charge in [0.15, 0.2) is 0 Å². The Labute approximate surface area is 845 Å². The molecule has 0 unspecified atom stereocenters. The van der Waals surface area contributed by atoms with Crippen molar-refractivity contribution in [1.82, 2.24) is 9.97 Å². The maximum absolute atomic E-state index is 4.86. The Morgan fingerprint density at radius 1 is 0.223 bits per heavy atom. The number of pyridine rings is 2. The van der Waals surface area contributed by atoms with Gasteiger partial charge in [-0.15, -0.1) is 107 Å². The summed E-state index contributed by atoms with van der Waals surface area (Å²) >= 11 is 0. The first-order valence-corrected chi connectivity index (χ1v) is 42.3. The Hall–Kier alpha value is -3.25. The first kappa shape index (κ1) is 124. The largest absolute Gasteiger partial charge is 0.295 e. The van der Waals surface area contributed by atoms with Crippen molar-refractivity contribution in [3.05, 3.63) is 308 Å². The van der Waals surface area contributed by atoms with Crippen molar-refractivity contribution in [3.8, 4) is 0 Å². The average molecular weight is 2820 g/mol. The molecule has 2 heterocycles. The number of aryl methyl sites for hydroxylation is 9. The number of rotatable bonds is 7. The van der Waals surface area contributed by atoms with Crippen LogP contribution in [0.4, 0.5) is 0 Å². The standard InChI is InChI=1S/C19H25.C18H23.C17H22N.C16H25.C15H23.C14H21.C13H20N.7W/c1-12(2)17-13(3)15-10-8-9-11-16(15)14(4)18(17)19(5,6)7;1-12(2)16-11-14-9-7-8-10-15(14)13(3)17(16)18(4,5)6;1-11(2)16-15(17(4,5)6)12(3)13-9-7-8-10-14(13)18-16;1-10(2)14-12(4)9-11(3)13(5)15(14)16(6,7)8;1-10(2)13-9-8-11(3)12(4)14(13)15(5,6)7;1-10(2)12-9-7-8-11(3)13(12)14(4,5)6;1-9(2)12-11(13(4,5)6)10(3)7-8-14-12;;;;;;;/h8-11H,1-7H3;7-11H,1-6H3;7-10H,1-6H3;9H,1-8H3;8-9H,1-7H3;7-9H,1-6H3;7-8H,1-6H3;;;;;;;/q7*-1;;;;;;;. The van der Waals surface area contributed by atoms with Gasteiger partial charge >= 0.3 is 0 Å². The Morgan fingerprint density at radius 3 is 0.967 bits per heavy atom. The SMILES string of the molecule is Cc1c(C(C)(C)C)c([C-](C)C)cc2ccccc12.Cc1c(C(C)(C)C)c([C-](C)C)nc2ccccc12.Cc1c([C-](C)C)c(C(C)(C)C)c(C)c2ccccc12.Cc1cc(C)c([C-](C)C)c(C(C)(C)C)c1C.Cc1ccc([C-](C)C)c(C(C)(C)C)c1C.Cc1cccc([C-](C)C)c1C(C)(C)C.Cc1ccnc([C-](C)C)c1C(C)(C)C.[W].[W].[W].[W].[W].[W].[W]. The monoisotopic (exact) mass is 2820 g/mol. The van der Waals surface area contributed by atoms with Gasteiger partial charge in [0.1, 0.15) is 0 Å². The molecule has 2 nitrogen and oxygen atoms in total. The van der Waals surface area contributed by atoms with Crippen molar-refractivity contribution in [2.24, 2.45) is 0 Å². The van der Waals surface area contributed by atoms with Gasteiger partial charge in [-0.25, -0.2) is 0 Å². The fraction of sp³-hybridized carbons (Fsp3) is 0.473. The van der Waals surface area contributed by atoms with E-state index in [2.05, 4.69) is 445 Å². The van der Waals surface area contributed by atoms with Crippen LogP contribution in [0.25, 0.3) is 32.4 Å². The zero-order chi connectivity index (χ0) is 87.7. The first-order valence-electron chi connectivity index (χ1n) is 42.3. The van der Waals surface area contributed by atoms with E-state index in [1.165, 1.54) is 202 Å². The zero-order valence-electron chi connectivity index (χ0n) is 84.4. The van der Waals surface area contributed by atoms with E-state index in [4.69, 9.17) is 4.98 Å². The number of para-hydroxylation sites is 1. The summed E-state index contributed by atoms with van der Waals surface area (Å²) in [7, 11) is 0. The van der Waals surface area contributed by atoms with Crippen LogP contribution >= 0.6 is 0 Å². The van der Waals surface area contributed by atoms with Gasteiger partial charge in [0.05, 0.1) is 5.52 Å². The van der Waals surface area contributed by atoms with Gasteiger partial charge in [-0.05, 0) is 36.1 Å². The van der Waals surface area contributed by atoms with Crippen molar-refractivity contribution in [1.29, 1.82) is 0 Å². The molecule has 0 fully saturated rings. The molecule has 0 N–H and O–H groups in total. The van der Waals surface area contributed by atoms with Gasteiger partial charge in [0, 0.05) is 154 Å². The molecule has 0 aliphatic carbocycles. The van der Waals surface area contributed by atoms with Crippen molar-refractivity contribution in [3.63, 3.8) is 0 Å². The van der Waals surface area contributed by atoms with E-state index in [-0.39, 0.29) is 185 Å². The predicted octanol–water partition coefficient (Wildman–Crippen LogP) is 33.3. The third kappa shape index (κ3) is 32.7. The Balaban J connectivity index is -0.000000656. The Morgan fingerprint density at radius 2 is 0.570 bits per heavy atom. The van der Waals surface area contributed by atoms with Crippen LogP contribution < -0.4 is 0 Å². The van der Waals surface area contributed by atoms with E-state index in [1.54, 1.807) is 0 Å². The van der Waals surface area contributed by atoms with Gasteiger partial charge in [0.2, 0.25) is 0 Å². The maximum Gasteiger partial charge on any atom is 0.0659 e. The third-order valence-corrected chi connectivity index (χ3v) is 22.2. The van der Waals surface area contributed by atoms with E-state index in [9.17, 15) is 0 Å². The number of benzene rings is 8. The second kappa shape index (κ2) is 50.6. The summed E-state index contributed by atoms with van der Waals surface area (Å²) < 4.78 is 0. The van der Waals surface area contributed by atoms with Crippen LogP contribution in [-0.4, -0.2) is 9.97 Å². The predicted molar refractivity (Wildman–Crippen MR) is 512 cm³/mol. The molecule has 9 heteroatoms. The molecule has 0 aliphatic rings. The Kier molecular flexibility index (Phi) is 51.9.